The molecule has 0 N–H and O–H groups in total. The van der Waals surface area contributed by atoms with Crippen molar-refractivity contribution in [2.75, 3.05) is 19.7 Å². The van der Waals surface area contributed by atoms with Crippen LogP contribution in [0.5, 0.6) is 0 Å². The summed E-state index contributed by atoms with van der Waals surface area (Å²) in [6.45, 7) is 7.41. The van der Waals surface area contributed by atoms with Crippen LogP contribution in [0.25, 0.3) is 0 Å². The van der Waals surface area contributed by atoms with Gasteiger partial charge >= 0.3 is 5.69 Å². The van der Waals surface area contributed by atoms with Gasteiger partial charge in [-0.3, -0.25) is 23.5 Å². The molecule has 0 amide bonds. The molecule has 0 saturated carbocycles. The Bertz CT molecular complexity index is 879. The number of morpholine rings is 1. The number of aryl methyl sites for hydroxylation is 2. The fourth-order valence-electron chi connectivity index (χ4n) is 3.25. The van der Waals surface area contributed by atoms with Gasteiger partial charge in [-0.15, -0.1) is 0 Å². The van der Waals surface area contributed by atoms with E-state index >= 15 is 0 Å². The Morgan fingerprint density at radius 1 is 1.20 bits per heavy atom. The van der Waals surface area contributed by atoms with Gasteiger partial charge in [-0.1, -0.05) is 0 Å². The molecule has 25 heavy (non-hydrogen) atoms. The Labute approximate surface area is 146 Å². The van der Waals surface area contributed by atoms with Crippen LogP contribution in [-0.4, -0.2) is 49.6 Å². The van der Waals surface area contributed by atoms with Gasteiger partial charge in [0.2, 0.25) is 0 Å². The average molecular weight is 347 g/mol. The Kier molecular flexibility index (Phi) is 4.91. The highest BCUT2D eigenvalue weighted by Crippen LogP contribution is 2.12. The lowest BCUT2D eigenvalue weighted by molar-refractivity contribution is -0.0411. The summed E-state index contributed by atoms with van der Waals surface area (Å²) in [6, 6.07) is 3.59. The van der Waals surface area contributed by atoms with E-state index in [1.54, 1.807) is 7.05 Å². The van der Waals surface area contributed by atoms with Gasteiger partial charge in [0, 0.05) is 51.2 Å². The summed E-state index contributed by atoms with van der Waals surface area (Å²) in [5.41, 5.74) is 2.27. The molecule has 2 aromatic heterocycles. The Morgan fingerprint density at radius 2 is 1.96 bits per heavy atom. The first-order chi connectivity index (χ1) is 11.8. The van der Waals surface area contributed by atoms with Crippen molar-refractivity contribution in [1.82, 2.24) is 23.8 Å². The first-order valence-electron chi connectivity index (χ1n) is 8.46. The molecule has 1 aliphatic heterocycles. The number of rotatable bonds is 4. The van der Waals surface area contributed by atoms with E-state index < -0.39 is 0 Å². The summed E-state index contributed by atoms with van der Waals surface area (Å²) in [4.78, 5) is 26.2. The van der Waals surface area contributed by atoms with Gasteiger partial charge in [0.1, 0.15) is 0 Å². The van der Waals surface area contributed by atoms with Crippen molar-refractivity contribution >= 4 is 0 Å². The Balaban J connectivity index is 1.71. The minimum absolute atomic E-state index is 0.0373. The molecular formula is C17H25N5O3. The second-order valence-electron chi connectivity index (χ2n) is 6.71. The summed E-state index contributed by atoms with van der Waals surface area (Å²) in [7, 11) is 3.19. The first kappa shape index (κ1) is 17.6. The van der Waals surface area contributed by atoms with E-state index in [9.17, 15) is 9.59 Å². The number of aromatic nitrogens is 4. The minimum atomic E-state index is -0.296. The molecular weight excluding hydrogens is 322 g/mol. The fraction of sp³-hybridized carbons (Fsp3) is 0.588. The molecule has 0 unspecified atom stereocenters. The lowest BCUT2D eigenvalue weighted by Crippen LogP contribution is -2.45. The third-order valence-electron chi connectivity index (χ3n) is 4.71. The van der Waals surface area contributed by atoms with Gasteiger partial charge in [-0.25, -0.2) is 4.79 Å². The largest absolute Gasteiger partial charge is 0.374 e. The maximum absolute atomic E-state index is 12.1. The van der Waals surface area contributed by atoms with Crippen LogP contribution in [0.4, 0.5) is 0 Å². The van der Waals surface area contributed by atoms with Crippen LogP contribution in [0, 0.1) is 13.8 Å². The molecule has 0 aromatic carbocycles. The molecule has 0 radical (unpaired) electrons. The van der Waals surface area contributed by atoms with Crippen molar-refractivity contribution in [3.05, 3.63) is 50.1 Å². The highest BCUT2D eigenvalue weighted by molar-refractivity contribution is 5.07. The first-order valence-corrected chi connectivity index (χ1v) is 8.46. The predicted molar refractivity (Wildman–Crippen MR) is 93.6 cm³/mol. The Morgan fingerprint density at radius 3 is 2.64 bits per heavy atom. The topological polar surface area (TPSA) is 74.3 Å². The normalized spacial score (nSPS) is 18.6. The van der Waals surface area contributed by atoms with Crippen molar-refractivity contribution in [3.8, 4) is 0 Å². The van der Waals surface area contributed by atoms with Crippen LogP contribution in [0.1, 0.15) is 17.1 Å². The molecule has 8 nitrogen and oxygen atoms in total. The predicted octanol–water partition coefficient (Wildman–Crippen LogP) is -0.202. The van der Waals surface area contributed by atoms with Crippen molar-refractivity contribution in [2.45, 2.75) is 33.0 Å². The average Bonchev–Trinajstić information content (AvgIpc) is 2.88. The summed E-state index contributed by atoms with van der Waals surface area (Å²) in [5, 5.41) is 4.49. The number of hydrogen-bond acceptors (Lipinski definition) is 5. The number of ether oxygens (including phenoxy) is 1. The molecule has 0 spiro atoms. The van der Waals surface area contributed by atoms with E-state index in [4.69, 9.17) is 4.74 Å². The van der Waals surface area contributed by atoms with Crippen LogP contribution in [0.2, 0.25) is 0 Å². The van der Waals surface area contributed by atoms with Gasteiger partial charge in [0.15, 0.2) is 0 Å². The maximum atomic E-state index is 12.1. The molecule has 0 bridgehead atoms. The van der Waals surface area contributed by atoms with Gasteiger partial charge in [0.05, 0.1) is 24.9 Å². The quantitative estimate of drug-likeness (QED) is 0.766. The van der Waals surface area contributed by atoms with Crippen LogP contribution < -0.4 is 11.2 Å². The van der Waals surface area contributed by atoms with Gasteiger partial charge in [-0.05, 0) is 19.9 Å². The van der Waals surface area contributed by atoms with E-state index in [-0.39, 0.29) is 17.4 Å². The third kappa shape index (κ3) is 3.74. The fourth-order valence-corrected chi connectivity index (χ4v) is 3.25. The lowest BCUT2D eigenvalue weighted by Gasteiger charge is -2.33. The molecule has 1 aliphatic rings. The SMILES string of the molecule is Cc1cc(C)n(C[C@H]2CN(Cc3cc(=O)n(C)c(=O)n3C)CCO2)n1. The Hall–Kier alpha value is -2.19. The molecule has 1 atom stereocenters. The van der Waals surface area contributed by atoms with E-state index in [0.29, 0.717) is 19.7 Å². The van der Waals surface area contributed by atoms with Crippen molar-refractivity contribution in [1.29, 1.82) is 0 Å². The van der Waals surface area contributed by atoms with Crippen LogP contribution in [0.15, 0.2) is 21.7 Å². The third-order valence-corrected chi connectivity index (χ3v) is 4.71. The zero-order valence-corrected chi connectivity index (χ0v) is 15.2. The molecule has 8 heteroatoms. The van der Waals surface area contributed by atoms with Crippen LogP contribution in [-0.2, 0) is 31.9 Å². The van der Waals surface area contributed by atoms with E-state index in [0.717, 1.165) is 34.7 Å². The highest BCUT2D eigenvalue weighted by Gasteiger charge is 2.22. The molecule has 3 rings (SSSR count). The van der Waals surface area contributed by atoms with Crippen molar-refractivity contribution in [2.24, 2.45) is 14.1 Å². The van der Waals surface area contributed by atoms with Crippen molar-refractivity contribution in [3.63, 3.8) is 0 Å². The highest BCUT2D eigenvalue weighted by atomic mass is 16.5. The standard InChI is InChI=1S/C17H25N5O3/c1-12-7-13(2)22(18-12)11-15-10-21(5-6-25-15)9-14-8-16(23)20(4)17(24)19(14)3/h7-8,15H,5-6,9-11H2,1-4H3/t15-/m1/s1. The summed E-state index contributed by atoms with van der Waals surface area (Å²) >= 11 is 0. The summed E-state index contributed by atoms with van der Waals surface area (Å²) < 4.78 is 10.5. The molecule has 2 aromatic rings. The summed E-state index contributed by atoms with van der Waals surface area (Å²) in [5.74, 6) is 0. The summed E-state index contributed by atoms with van der Waals surface area (Å²) in [6.07, 6.45) is 0.0373. The van der Waals surface area contributed by atoms with Gasteiger partial charge in [-0.2, -0.15) is 5.10 Å². The zero-order valence-electron chi connectivity index (χ0n) is 15.2. The van der Waals surface area contributed by atoms with Crippen LogP contribution >= 0.6 is 0 Å². The second kappa shape index (κ2) is 6.97. The lowest BCUT2D eigenvalue weighted by atomic mass is 10.2. The van der Waals surface area contributed by atoms with Crippen molar-refractivity contribution < 1.29 is 4.74 Å². The molecule has 3 heterocycles. The number of hydrogen-bond donors (Lipinski definition) is 0. The van der Waals surface area contributed by atoms with E-state index in [1.807, 2.05) is 18.5 Å². The number of nitrogens with zero attached hydrogens (tertiary/aromatic N) is 5. The smallest absolute Gasteiger partial charge is 0.330 e. The van der Waals surface area contributed by atoms with Crippen LogP contribution in [0.3, 0.4) is 0 Å². The molecule has 1 fully saturated rings. The van der Waals surface area contributed by atoms with Gasteiger partial charge < -0.3 is 4.74 Å². The monoisotopic (exact) mass is 347 g/mol. The second-order valence-corrected chi connectivity index (χ2v) is 6.71. The van der Waals surface area contributed by atoms with E-state index in [2.05, 4.69) is 16.1 Å². The zero-order chi connectivity index (χ0) is 18.1. The minimum Gasteiger partial charge on any atom is -0.374 e. The molecule has 136 valence electrons. The van der Waals surface area contributed by atoms with E-state index in [1.165, 1.54) is 17.7 Å². The molecule has 0 aliphatic carbocycles. The molecule has 1 saturated heterocycles. The van der Waals surface area contributed by atoms with Gasteiger partial charge in [0.25, 0.3) is 5.56 Å². The maximum Gasteiger partial charge on any atom is 0.330 e.